The molecule has 148 valence electrons. The molecule has 1 aromatic heterocycles. The number of benzene rings is 2. The lowest BCUT2D eigenvalue weighted by Crippen LogP contribution is -2.35. The molecule has 8 heteroatoms. The molecule has 0 saturated carbocycles. The molecule has 0 saturated heterocycles. The number of halogens is 1. The Hall–Kier alpha value is -3.26. The van der Waals surface area contributed by atoms with E-state index in [1.54, 1.807) is 11.9 Å². The van der Waals surface area contributed by atoms with Gasteiger partial charge in [-0.3, -0.25) is 14.9 Å². The summed E-state index contributed by atoms with van der Waals surface area (Å²) in [4.78, 5) is 31.5. The second kappa shape index (κ2) is 7.63. The number of carbonyl (C=O) groups excluding carboxylic acids is 2. The molecule has 1 N–H and O–H groups in total. The van der Waals surface area contributed by atoms with Gasteiger partial charge >= 0.3 is 0 Å². The zero-order valence-electron chi connectivity index (χ0n) is 15.9. The molecular weight excluding hydrogens is 393 g/mol. The number of hydrogen-bond donors (Lipinski definition) is 1. The Labute approximate surface area is 171 Å². The van der Waals surface area contributed by atoms with Crippen molar-refractivity contribution in [3.8, 4) is 17.0 Å². The van der Waals surface area contributed by atoms with Crippen LogP contribution in [0.5, 0.6) is 5.75 Å². The minimum Gasteiger partial charge on any atom is -0.482 e. The number of hydrogen-bond acceptors (Lipinski definition) is 5. The maximum atomic E-state index is 13.1. The fraction of sp³-hybridized carbons (Fsp3) is 0.190. The largest absolute Gasteiger partial charge is 0.482 e. The van der Waals surface area contributed by atoms with E-state index < -0.39 is 5.82 Å². The van der Waals surface area contributed by atoms with Gasteiger partial charge in [-0.25, -0.2) is 9.37 Å². The summed E-state index contributed by atoms with van der Waals surface area (Å²) in [5.74, 6) is -0.215. The van der Waals surface area contributed by atoms with Gasteiger partial charge < -0.3 is 9.64 Å². The third-order valence-electron chi connectivity index (χ3n) is 4.66. The zero-order valence-corrected chi connectivity index (χ0v) is 16.7. The SMILES string of the molecule is CCc1sc(NC(=O)c2ccc(F)cc2)nc1-c1ccc2c(c1)N(C)C(=O)CO2. The van der Waals surface area contributed by atoms with Crippen molar-refractivity contribution in [3.05, 3.63) is 58.7 Å². The number of ether oxygens (including phenoxy) is 1. The first kappa shape index (κ1) is 19.1. The van der Waals surface area contributed by atoms with E-state index in [0.29, 0.717) is 22.1 Å². The number of carbonyl (C=O) groups is 2. The normalized spacial score (nSPS) is 13.1. The number of rotatable bonds is 4. The quantitative estimate of drug-likeness (QED) is 0.701. The van der Waals surface area contributed by atoms with E-state index in [2.05, 4.69) is 10.3 Å². The first-order valence-electron chi connectivity index (χ1n) is 9.06. The number of aryl methyl sites for hydroxylation is 1. The van der Waals surface area contributed by atoms with Crippen molar-refractivity contribution in [1.82, 2.24) is 4.98 Å². The molecule has 0 radical (unpaired) electrons. The van der Waals surface area contributed by atoms with Crippen LogP contribution in [0.2, 0.25) is 0 Å². The van der Waals surface area contributed by atoms with Gasteiger partial charge in [0.2, 0.25) is 0 Å². The standard InChI is InChI=1S/C21H18FN3O3S/c1-3-17-19(13-6-9-16-15(10-13)25(2)18(26)11-28-16)23-21(29-17)24-20(27)12-4-7-14(22)8-5-12/h4-10H,3,11H2,1-2H3,(H,23,24,27). The predicted molar refractivity (Wildman–Crippen MR) is 110 cm³/mol. The monoisotopic (exact) mass is 411 g/mol. The highest BCUT2D eigenvalue weighted by molar-refractivity contribution is 7.16. The molecule has 6 nitrogen and oxygen atoms in total. The Morgan fingerprint density at radius 1 is 1.28 bits per heavy atom. The van der Waals surface area contributed by atoms with Crippen molar-refractivity contribution >= 4 is 34.0 Å². The molecule has 3 aromatic rings. The van der Waals surface area contributed by atoms with E-state index in [-0.39, 0.29) is 18.4 Å². The van der Waals surface area contributed by atoms with Crippen LogP contribution in [0, 0.1) is 5.82 Å². The first-order chi connectivity index (χ1) is 14.0. The average molecular weight is 411 g/mol. The summed E-state index contributed by atoms with van der Waals surface area (Å²) in [6.07, 6.45) is 0.738. The van der Waals surface area contributed by atoms with E-state index in [0.717, 1.165) is 22.6 Å². The molecule has 0 spiro atoms. The number of thiazole rings is 1. The van der Waals surface area contributed by atoms with Crippen molar-refractivity contribution in [2.75, 3.05) is 23.9 Å². The van der Waals surface area contributed by atoms with Crippen LogP contribution < -0.4 is 15.0 Å². The second-order valence-electron chi connectivity index (χ2n) is 6.53. The van der Waals surface area contributed by atoms with Gasteiger partial charge in [-0.1, -0.05) is 6.92 Å². The number of anilines is 2. The van der Waals surface area contributed by atoms with Crippen LogP contribution in [-0.2, 0) is 11.2 Å². The summed E-state index contributed by atoms with van der Waals surface area (Å²) in [6, 6.07) is 10.9. The van der Waals surface area contributed by atoms with Gasteiger partial charge in [-0.2, -0.15) is 0 Å². The molecule has 29 heavy (non-hydrogen) atoms. The summed E-state index contributed by atoms with van der Waals surface area (Å²) >= 11 is 1.39. The molecule has 0 fully saturated rings. The van der Waals surface area contributed by atoms with Crippen molar-refractivity contribution < 1.29 is 18.7 Å². The highest BCUT2D eigenvalue weighted by atomic mass is 32.1. The van der Waals surface area contributed by atoms with Gasteiger partial charge in [0.05, 0.1) is 11.4 Å². The van der Waals surface area contributed by atoms with Gasteiger partial charge in [0.15, 0.2) is 11.7 Å². The van der Waals surface area contributed by atoms with Crippen LogP contribution in [0.4, 0.5) is 15.2 Å². The summed E-state index contributed by atoms with van der Waals surface area (Å²) in [6.45, 7) is 2.04. The number of fused-ring (bicyclic) bond motifs is 1. The van der Waals surface area contributed by atoms with Gasteiger partial charge in [0.1, 0.15) is 11.6 Å². The van der Waals surface area contributed by atoms with Crippen molar-refractivity contribution in [2.45, 2.75) is 13.3 Å². The Kier molecular flexibility index (Phi) is 5.02. The van der Waals surface area contributed by atoms with Crippen LogP contribution in [0.3, 0.4) is 0 Å². The molecule has 2 aromatic carbocycles. The maximum absolute atomic E-state index is 13.1. The van der Waals surface area contributed by atoms with Crippen LogP contribution in [-0.4, -0.2) is 30.5 Å². The number of likely N-dealkylation sites (N-methyl/N-ethyl adjacent to an activating group) is 1. The van der Waals surface area contributed by atoms with Crippen LogP contribution in [0.1, 0.15) is 22.2 Å². The lowest BCUT2D eigenvalue weighted by molar-refractivity contribution is -0.120. The number of nitrogens with zero attached hydrogens (tertiary/aromatic N) is 2. The first-order valence-corrected chi connectivity index (χ1v) is 9.88. The third-order valence-corrected chi connectivity index (χ3v) is 5.78. The molecule has 0 bridgehead atoms. The Bertz CT molecular complexity index is 1100. The van der Waals surface area contributed by atoms with E-state index in [9.17, 15) is 14.0 Å². The molecule has 2 heterocycles. The van der Waals surface area contributed by atoms with E-state index in [1.807, 2.05) is 25.1 Å². The van der Waals surface area contributed by atoms with E-state index >= 15 is 0 Å². The van der Waals surface area contributed by atoms with E-state index in [1.165, 1.54) is 35.6 Å². The summed E-state index contributed by atoms with van der Waals surface area (Å²) in [7, 11) is 1.71. The Morgan fingerprint density at radius 3 is 2.76 bits per heavy atom. The Morgan fingerprint density at radius 2 is 2.03 bits per heavy atom. The smallest absolute Gasteiger partial charge is 0.264 e. The summed E-state index contributed by atoms with van der Waals surface area (Å²) in [5, 5.41) is 3.24. The fourth-order valence-corrected chi connectivity index (χ4v) is 3.98. The van der Waals surface area contributed by atoms with Crippen molar-refractivity contribution in [1.29, 1.82) is 0 Å². The molecule has 2 amide bonds. The molecule has 1 aliphatic heterocycles. The molecule has 0 aliphatic carbocycles. The van der Waals surface area contributed by atoms with Crippen LogP contribution >= 0.6 is 11.3 Å². The van der Waals surface area contributed by atoms with Crippen molar-refractivity contribution in [2.24, 2.45) is 0 Å². The second-order valence-corrected chi connectivity index (χ2v) is 7.61. The average Bonchev–Trinajstić information content (AvgIpc) is 3.14. The van der Waals surface area contributed by atoms with Crippen molar-refractivity contribution in [3.63, 3.8) is 0 Å². The highest BCUT2D eigenvalue weighted by Gasteiger charge is 2.24. The maximum Gasteiger partial charge on any atom is 0.264 e. The molecule has 0 unspecified atom stereocenters. The lowest BCUT2D eigenvalue weighted by Gasteiger charge is -2.26. The van der Waals surface area contributed by atoms with Gasteiger partial charge in [0, 0.05) is 23.1 Å². The number of amides is 2. The van der Waals surface area contributed by atoms with Crippen LogP contribution in [0.25, 0.3) is 11.3 Å². The zero-order chi connectivity index (χ0) is 20.5. The number of aromatic nitrogens is 1. The molecule has 1 aliphatic rings. The van der Waals surface area contributed by atoms with E-state index in [4.69, 9.17) is 4.74 Å². The van der Waals surface area contributed by atoms with Gasteiger partial charge in [-0.15, -0.1) is 11.3 Å². The fourth-order valence-electron chi connectivity index (χ4n) is 3.06. The molecule has 4 rings (SSSR count). The van der Waals surface area contributed by atoms with Gasteiger partial charge in [0.25, 0.3) is 11.8 Å². The molecule has 0 atom stereocenters. The lowest BCUT2D eigenvalue weighted by atomic mass is 10.1. The number of nitrogens with one attached hydrogen (secondary N) is 1. The van der Waals surface area contributed by atoms with Gasteiger partial charge in [-0.05, 0) is 48.9 Å². The minimum absolute atomic E-state index is 0.0271. The predicted octanol–water partition coefficient (Wildman–Crippen LogP) is 4.12. The minimum atomic E-state index is -0.397. The van der Waals surface area contributed by atoms with Crippen LogP contribution in [0.15, 0.2) is 42.5 Å². The Balaban J connectivity index is 1.64. The third kappa shape index (κ3) is 3.71. The highest BCUT2D eigenvalue weighted by Crippen LogP contribution is 2.38. The topological polar surface area (TPSA) is 71.5 Å². The summed E-state index contributed by atoms with van der Waals surface area (Å²) < 4.78 is 18.5. The summed E-state index contributed by atoms with van der Waals surface area (Å²) in [5.41, 5.74) is 2.63. The molecular formula is C21H18FN3O3S.